The third kappa shape index (κ3) is 10.3. The fourth-order valence-electron chi connectivity index (χ4n) is 1.47. The summed E-state index contributed by atoms with van der Waals surface area (Å²) in [5, 5.41) is 14.7. The van der Waals surface area contributed by atoms with Crippen LogP contribution in [0.1, 0.15) is 5.56 Å². The van der Waals surface area contributed by atoms with Gasteiger partial charge >= 0.3 is 6.09 Å². The third-order valence-electron chi connectivity index (χ3n) is 2.47. The molecule has 1 aromatic rings. The van der Waals surface area contributed by atoms with Crippen LogP contribution in [0.25, 0.3) is 0 Å². The molecule has 0 bridgehead atoms. The van der Waals surface area contributed by atoms with Crippen LogP contribution in [-0.2, 0) is 11.3 Å². The molecule has 1 rings (SSSR count). The van der Waals surface area contributed by atoms with E-state index in [1.54, 1.807) is 0 Å². The van der Waals surface area contributed by atoms with Crippen molar-refractivity contribution in [2.75, 3.05) is 26.2 Å². The largest absolute Gasteiger partial charge is 0.445 e. The van der Waals surface area contributed by atoms with Crippen LogP contribution in [0.15, 0.2) is 30.3 Å². The van der Waals surface area contributed by atoms with E-state index in [9.17, 15) is 4.79 Å². The molecule has 0 saturated heterocycles. The minimum absolute atomic E-state index is 0. The molecule has 8 heteroatoms. The van der Waals surface area contributed by atoms with Crippen molar-refractivity contribution in [3.63, 3.8) is 0 Å². The predicted molar refractivity (Wildman–Crippen MR) is 87.1 cm³/mol. The number of hydrogen-bond acceptors (Lipinski definition) is 5. The number of halogens is 2. The molecule has 0 radical (unpaired) electrons. The van der Waals surface area contributed by atoms with Gasteiger partial charge in [-0.1, -0.05) is 30.3 Å². The monoisotopic (exact) mass is 339 g/mol. The molecule has 6 nitrogen and oxygen atoms in total. The van der Waals surface area contributed by atoms with Gasteiger partial charge in [-0.3, -0.25) is 0 Å². The van der Waals surface area contributed by atoms with Gasteiger partial charge in [0.15, 0.2) is 0 Å². The number of alkyl carbamates (subject to hydrolysis) is 1. The molecule has 1 aromatic carbocycles. The fourth-order valence-corrected chi connectivity index (χ4v) is 1.47. The smallest absolute Gasteiger partial charge is 0.407 e. The SMILES string of the molecule is Cl.Cl.NCCNC[C@H](CO)NC(=O)OCc1ccccc1. The van der Waals surface area contributed by atoms with Gasteiger partial charge in [-0.15, -0.1) is 24.8 Å². The molecule has 1 atom stereocenters. The van der Waals surface area contributed by atoms with Crippen LogP contribution in [0.3, 0.4) is 0 Å². The molecule has 0 unspecified atom stereocenters. The maximum atomic E-state index is 11.5. The second kappa shape index (κ2) is 13.9. The summed E-state index contributed by atoms with van der Waals surface area (Å²) in [7, 11) is 0. The third-order valence-corrected chi connectivity index (χ3v) is 2.47. The lowest BCUT2D eigenvalue weighted by Crippen LogP contribution is -2.45. The van der Waals surface area contributed by atoms with Crippen LogP contribution in [0.5, 0.6) is 0 Å². The quantitative estimate of drug-likeness (QED) is 0.522. The van der Waals surface area contributed by atoms with E-state index in [-0.39, 0.29) is 44.1 Å². The van der Waals surface area contributed by atoms with Gasteiger partial charge in [0.2, 0.25) is 0 Å². The zero-order chi connectivity index (χ0) is 13.9. The molecular weight excluding hydrogens is 317 g/mol. The number of benzene rings is 1. The number of aliphatic hydroxyl groups excluding tert-OH is 1. The van der Waals surface area contributed by atoms with Crippen LogP contribution in [0.4, 0.5) is 4.79 Å². The number of amides is 1. The molecule has 0 saturated carbocycles. The topological polar surface area (TPSA) is 96.6 Å². The predicted octanol–water partition coefficient (Wildman–Crippen LogP) is 0.666. The van der Waals surface area contributed by atoms with Crippen LogP contribution in [0, 0.1) is 0 Å². The minimum Gasteiger partial charge on any atom is -0.445 e. The molecule has 0 heterocycles. The van der Waals surface area contributed by atoms with E-state index < -0.39 is 6.09 Å². The molecule has 1 amide bonds. The summed E-state index contributed by atoms with van der Waals surface area (Å²) in [4.78, 5) is 11.5. The van der Waals surface area contributed by atoms with Crippen molar-refractivity contribution in [1.29, 1.82) is 0 Å². The number of aliphatic hydroxyl groups is 1. The number of carbonyl (C=O) groups is 1. The highest BCUT2D eigenvalue weighted by atomic mass is 35.5. The maximum Gasteiger partial charge on any atom is 0.407 e. The van der Waals surface area contributed by atoms with Crippen molar-refractivity contribution < 1.29 is 14.6 Å². The Morgan fingerprint density at radius 3 is 2.52 bits per heavy atom. The Bertz CT molecular complexity index is 369. The van der Waals surface area contributed by atoms with Crippen molar-refractivity contribution in [3.05, 3.63) is 35.9 Å². The molecule has 0 fully saturated rings. The second-order valence-corrected chi connectivity index (χ2v) is 4.08. The average Bonchev–Trinajstić information content (AvgIpc) is 2.45. The van der Waals surface area contributed by atoms with Crippen molar-refractivity contribution in [3.8, 4) is 0 Å². The summed E-state index contributed by atoms with van der Waals surface area (Å²) < 4.78 is 5.05. The van der Waals surface area contributed by atoms with E-state index in [0.29, 0.717) is 19.6 Å². The van der Waals surface area contributed by atoms with Gasteiger partial charge in [0.25, 0.3) is 0 Å². The number of hydrogen-bond donors (Lipinski definition) is 4. The van der Waals surface area contributed by atoms with E-state index in [2.05, 4.69) is 10.6 Å². The lowest BCUT2D eigenvalue weighted by molar-refractivity contribution is 0.129. The highest BCUT2D eigenvalue weighted by Crippen LogP contribution is 2.00. The molecule has 0 spiro atoms. The Hall–Kier alpha value is -1.05. The molecular formula is C13H23Cl2N3O3. The van der Waals surface area contributed by atoms with Crippen LogP contribution < -0.4 is 16.4 Å². The van der Waals surface area contributed by atoms with Gasteiger partial charge < -0.3 is 26.2 Å². The van der Waals surface area contributed by atoms with Gasteiger partial charge in [-0.05, 0) is 5.56 Å². The highest BCUT2D eigenvalue weighted by molar-refractivity contribution is 5.85. The first-order chi connectivity index (χ1) is 9.26. The van der Waals surface area contributed by atoms with Gasteiger partial charge in [0.05, 0.1) is 12.6 Å². The van der Waals surface area contributed by atoms with Gasteiger partial charge in [-0.25, -0.2) is 4.79 Å². The maximum absolute atomic E-state index is 11.5. The van der Waals surface area contributed by atoms with Crippen molar-refractivity contribution in [2.24, 2.45) is 5.73 Å². The molecule has 122 valence electrons. The molecule has 21 heavy (non-hydrogen) atoms. The van der Waals surface area contributed by atoms with Crippen molar-refractivity contribution >= 4 is 30.9 Å². The summed E-state index contributed by atoms with van der Waals surface area (Å²) in [6.45, 7) is 1.65. The van der Waals surface area contributed by atoms with E-state index in [4.69, 9.17) is 15.6 Å². The summed E-state index contributed by atoms with van der Waals surface area (Å²) in [6, 6.07) is 9.02. The van der Waals surface area contributed by atoms with E-state index in [1.807, 2.05) is 30.3 Å². The highest BCUT2D eigenvalue weighted by Gasteiger charge is 2.11. The van der Waals surface area contributed by atoms with Gasteiger partial charge in [-0.2, -0.15) is 0 Å². The summed E-state index contributed by atoms with van der Waals surface area (Å²) in [5.41, 5.74) is 6.25. The number of nitrogens with two attached hydrogens (primary N) is 1. The number of ether oxygens (including phenoxy) is 1. The normalized spacial score (nSPS) is 10.8. The van der Waals surface area contributed by atoms with Crippen LogP contribution >= 0.6 is 24.8 Å². The first-order valence-electron chi connectivity index (χ1n) is 6.25. The van der Waals surface area contributed by atoms with Crippen molar-refractivity contribution in [2.45, 2.75) is 12.6 Å². The first kappa shape index (κ1) is 22.2. The Morgan fingerprint density at radius 1 is 1.29 bits per heavy atom. The first-order valence-corrected chi connectivity index (χ1v) is 6.25. The van der Waals surface area contributed by atoms with Crippen LogP contribution in [0.2, 0.25) is 0 Å². The lowest BCUT2D eigenvalue weighted by Gasteiger charge is -2.16. The molecule has 0 aliphatic carbocycles. The van der Waals surface area contributed by atoms with Crippen LogP contribution in [-0.4, -0.2) is 43.5 Å². The average molecular weight is 340 g/mol. The fraction of sp³-hybridized carbons (Fsp3) is 0.462. The zero-order valence-corrected chi connectivity index (χ0v) is 13.3. The Morgan fingerprint density at radius 2 is 1.95 bits per heavy atom. The van der Waals surface area contributed by atoms with Gasteiger partial charge in [0, 0.05) is 19.6 Å². The Labute approximate surface area is 137 Å². The summed E-state index contributed by atoms with van der Waals surface area (Å²) in [5.74, 6) is 0. The Kier molecular flexibility index (Phi) is 14.7. The molecule has 0 aliphatic heterocycles. The van der Waals surface area contributed by atoms with E-state index in [0.717, 1.165) is 5.56 Å². The second-order valence-electron chi connectivity index (χ2n) is 4.08. The van der Waals surface area contributed by atoms with Crippen molar-refractivity contribution in [1.82, 2.24) is 10.6 Å². The number of rotatable bonds is 8. The summed E-state index contributed by atoms with van der Waals surface area (Å²) in [6.07, 6.45) is -0.544. The van der Waals surface area contributed by atoms with Gasteiger partial charge in [0.1, 0.15) is 6.61 Å². The summed E-state index contributed by atoms with van der Waals surface area (Å²) >= 11 is 0. The van der Waals surface area contributed by atoms with E-state index in [1.165, 1.54) is 0 Å². The van der Waals surface area contributed by atoms with E-state index >= 15 is 0 Å². The minimum atomic E-state index is -0.544. The number of carbonyl (C=O) groups excluding carboxylic acids is 1. The lowest BCUT2D eigenvalue weighted by atomic mass is 10.2. The molecule has 0 aromatic heterocycles. The number of nitrogens with one attached hydrogen (secondary N) is 2. The standard InChI is InChI=1S/C13H21N3O3.2ClH/c14-6-7-15-8-12(9-17)16-13(18)19-10-11-4-2-1-3-5-11;;/h1-5,12,15,17H,6-10,14H2,(H,16,18);2*1H/t12-;;/m1../s1. The zero-order valence-electron chi connectivity index (χ0n) is 11.7. The molecule has 0 aliphatic rings. The molecule has 5 N–H and O–H groups in total. The Balaban J connectivity index is 0.